The monoisotopic (exact) mass is 391 g/mol. The van der Waals surface area contributed by atoms with Gasteiger partial charge in [-0.3, -0.25) is 14.4 Å². The summed E-state index contributed by atoms with van der Waals surface area (Å²) in [7, 11) is 0. The predicted molar refractivity (Wildman–Crippen MR) is 109 cm³/mol. The van der Waals surface area contributed by atoms with E-state index in [2.05, 4.69) is 10.6 Å². The van der Waals surface area contributed by atoms with Crippen LogP contribution in [0.4, 0.5) is 0 Å². The molecule has 3 amide bonds. The quantitative estimate of drug-likeness (QED) is 0.731. The van der Waals surface area contributed by atoms with Crippen molar-refractivity contribution in [2.45, 2.75) is 89.5 Å². The van der Waals surface area contributed by atoms with E-state index in [1.165, 1.54) is 38.5 Å². The van der Waals surface area contributed by atoms with Crippen molar-refractivity contribution in [2.75, 3.05) is 19.6 Å². The molecule has 1 heterocycles. The number of carbonyl (C=O) groups is 3. The molecule has 0 aromatic rings. The van der Waals surface area contributed by atoms with E-state index in [1.807, 2.05) is 0 Å². The maximum atomic E-state index is 12.6. The van der Waals surface area contributed by atoms with Crippen LogP contribution >= 0.6 is 0 Å². The first-order chi connectivity index (χ1) is 13.6. The summed E-state index contributed by atoms with van der Waals surface area (Å²) in [6, 6.07) is 0.311. The molecule has 28 heavy (non-hydrogen) atoms. The molecule has 3 aliphatic rings. The molecule has 158 valence electrons. The maximum Gasteiger partial charge on any atom is 0.241 e. The summed E-state index contributed by atoms with van der Waals surface area (Å²) in [5.74, 6) is 0.394. The third-order valence-corrected chi connectivity index (χ3v) is 6.73. The van der Waals surface area contributed by atoms with E-state index in [0.717, 1.165) is 38.5 Å². The number of rotatable bonds is 6. The molecule has 0 spiro atoms. The summed E-state index contributed by atoms with van der Waals surface area (Å²) >= 11 is 0. The Bertz CT molecular complexity index is 539. The van der Waals surface area contributed by atoms with Gasteiger partial charge in [0.1, 0.15) is 0 Å². The molecule has 0 aromatic heterocycles. The lowest BCUT2D eigenvalue weighted by molar-refractivity contribution is -0.137. The molecule has 0 bridgehead atoms. The summed E-state index contributed by atoms with van der Waals surface area (Å²) in [5.41, 5.74) is 0. The van der Waals surface area contributed by atoms with Gasteiger partial charge in [-0.05, 0) is 44.4 Å². The lowest BCUT2D eigenvalue weighted by Crippen LogP contribution is -2.50. The molecule has 6 heteroatoms. The van der Waals surface area contributed by atoms with Crippen LogP contribution in [0, 0.1) is 11.8 Å². The van der Waals surface area contributed by atoms with Crippen molar-refractivity contribution in [3.63, 3.8) is 0 Å². The molecule has 3 rings (SSSR count). The first kappa shape index (κ1) is 21.1. The normalized spacial score (nSPS) is 24.6. The summed E-state index contributed by atoms with van der Waals surface area (Å²) in [6.07, 6.45) is 14.0. The van der Waals surface area contributed by atoms with Crippen molar-refractivity contribution in [3.8, 4) is 0 Å². The fourth-order valence-electron chi connectivity index (χ4n) is 5.00. The number of amides is 3. The lowest BCUT2D eigenvalue weighted by atomic mass is 9.87. The van der Waals surface area contributed by atoms with Crippen molar-refractivity contribution in [3.05, 3.63) is 0 Å². The molecule has 1 saturated heterocycles. The van der Waals surface area contributed by atoms with E-state index in [1.54, 1.807) is 4.90 Å². The second-order valence-corrected chi connectivity index (χ2v) is 9.01. The second kappa shape index (κ2) is 10.8. The number of nitrogens with one attached hydrogen (secondary N) is 2. The minimum atomic E-state index is -0.113. The van der Waals surface area contributed by atoms with Gasteiger partial charge in [-0.15, -0.1) is 0 Å². The second-order valence-electron chi connectivity index (χ2n) is 9.01. The average Bonchev–Trinajstić information content (AvgIpc) is 2.73. The average molecular weight is 392 g/mol. The van der Waals surface area contributed by atoms with E-state index < -0.39 is 0 Å². The molecule has 1 atom stereocenters. The molecule has 1 unspecified atom stereocenters. The van der Waals surface area contributed by atoms with E-state index in [0.29, 0.717) is 31.5 Å². The van der Waals surface area contributed by atoms with Gasteiger partial charge in [0.15, 0.2) is 0 Å². The van der Waals surface area contributed by atoms with E-state index in [9.17, 15) is 14.4 Å². The number of piperidine rings is 1. The lowest BCUT2D eigenvalue weighted by Gasteiger charge is -2.33. The smallest absolute Gasteiger partial charge is 0.241 e. The van der Waals surface area contributed by atoms with Crippen molar-refractivity contribution >= 4 is 17.7 Å². The first-order valence-corrected chi connectivity index (χ1v) is 11.5. The molecule has 0 aromatic carbocycles. The Morgan fingerprint density at radius 1 is 0.821 bits per heavy atom. The largest absolute Gasteiger partial charge is 0.353 e. The SMILES string of the molecule is O=C(CC1CCCCC1)NCC(=O)N1CCCC(C(=O)NC2CCCCC2)C1. The Balaban J connectivity index is 1.38. The first-order valence-electron chi connectivity index (χ1n) is 11.5. The Kier molecular flexibility index (Phi) is 8.16. The molecule has 6 nitrogen and oxygen atoms in total. The van der Waals surface area contributed by atoms with Gasteiger partial charge in [-0.25, -0.2) is 0 Å². The van der Waals surface area contributed by atoms with E-state index >= 15 is 0 Å². The van der Waals surface area contributed by atoms with Crippen LogP contribution in [0.1, 0.15) is 83.5 Å². The van der Waals surface area contributed by atoms with Crippen molar-refractivity contribution in [2.24, 2.45) is 11.8 Å². The van der Waals surface area contributed by atoms with Crippen LogP contribution in [0.25, 0.3) is 0 Å². The van der Waals surface area contributed by atoms with Crippen LogP contribution in [0.5, 0.6) is 0 Å². The van der Waals surface area contributed by atoms with Gasteiger partial charge in [-0.1, -0.05) is 38.5 Å². The molecule has 2 aliphatic carbocycles. The molecule has 2 saturated carbocycles. The van der Waals surface area contributed by atoms with Gasteiger partial charge in [-0.2, -0.15) is 0 Å². The van der Waals surface area contributed by atoms with Gasteiger partial charge in [0.25, 0.3) is 0 Å². The van der Waals surface area contributed by atoms with Gasteiger partial charge < -0.3 is 15.5 Å². The van der Waals surface area contributed by atoms with Crippen LogP contribution in [0.3, 0.4) is 0 Å². The Hall–Kier alpha value is -1.59. The Morgan fingerprint density at radius 3 is 2.21 bits per heavy atom. The maximum absolute atomic E-state index is 12.6. The van der Waals surface area contributed by atoms with Gasteiger partial charge in [0, 0.05) is 25.6 Å². The minimum Gasteiger partial charge on any atom is -0.353 e. The summed E-state index contributed by atoms with van der Waals surface area (Å²) in [5, 5.41) is 6.00. The summed E-state index contributed by atoms with van der Waals surface area (Å²) in [6.45, 7) is 1.23. The van der Waals surface area contributed by atoms with Gasteiger partial charge in [0.05, 0.1) is 12.5 Å². The van der Waals surface area contributed by atoms with Crippen LogP contribution < -0.4 is 10.6 Å². The zero-order valence-electron chi connectivity index (χ0n) is 17.2. The van der Waals surface area contributed by atoms with E-state index in [4.69, 9.17) is 0 Å². The summed E-state index contributed by atoms with van der Waals surface area (Å²) < 4.78 is 0. The molecular formula is C22H37N3O3. The number of carbonyl (C=O) groups excluding carboxylic acids is 3. The van der Waals surface area contributed by atoms with Crippen molar-refractivity contribution < 1.29 is 14.4 Å². The zero-order valence-corrected chi connectivity index (χ0v) is 17.2. The third-order valence-electron chi connectivity index (χ3n) is 6.73. The minimum absolute atomic E-state index is 0.0103. The molecule has 1 aliphatic heterocycles. The molecule has 3 fully saturated rings. The van der Waals surface area contributed by atoms with Gasteiger partial charge >= 0.3 is 0 Å². The number of nitrogens with zero attached hydrogens (tertiary/aromatic N) is 1. The predicted octanol–water partition coefficient (Wildman–Crippen LogP) is 2.76. The highest BCUT2D eigenvalue weighted by atomic mass is 16.2. The fourth-order valence-corrected chi connectivity index (χ4v) is 5.00. The highest BCUT2D eigenvalue weighted by molar-refractivity contribution is 5.86. The highest BCUT2D eigenvalue weighted by Gasteiger charge is 2.30. The number of hydrogen-bond acceptors (Lipinski definition) is 3. The zero-order chi connectivity index (χ0) is 19.8. The molecule has 0 radical (unpaired) electrons. The number of hydrogen-bond donors (Lipinski definition) is 2. The topological polar surface area (TPSA) is 78.5 Å². The fraction of sp³-hybridized carbons (Fsp3) is 0.864. The van der Waals surface area contributed by atoms with Gasteiger partial charge in [0.2, 0.25) is 17.7 Å². The van der Waals surface area contributed by atoms with Crippen LogP contribution in [0.15, 0.2) is 0 Å². The highest BCUT2D eigenvalue weighted by Crippen LogP contribution is 2.26. The third kappa shape index (κ3) is 6.49. The van der Waals surface area contributed by atoms with E-state index in [-0.39, 0.29) is 30.2 Å². The Morgan fingerprint density at radius 2 is 1.50 bits per heavy atom. The Labute approximate surface area is 169 Å². The number of likely N-dealkylation sites (tertiary alicyclic amines) is 1. The van der Waals surface area contributed by atoms with Crippen molar-refractivity contribution in [1.29, 1.82) is 0 Å². The summed E-state index contributed by atoms with van der Waals surface area (Å²) in [4.78, 5) is 39.0. The van der Waals surface area contributed by atoms with Crippen LogP contribution in [0.2, 0.25) is 0 Å². The van der Waals surface area contributed by atoms with Crippen molar-refractivity contribution in [1.82, 2.24) is 15.5 Å². The van der Waals surface area contributed by atoms with Crippen LogP contribution in [-0.2, 0) is 14.4 Å². The molecule has 2 N–H and O–H groups in total. The molecular weight excluding hydrogens is 354 g/mol. The van der Waals surface area contributed by atoms with Crippen LogP contribution in [-0.4, -0.2) is 48.3 Å². The standard InChI is InChI=1S/C22H37N3O3/c26-20(14-17-8-3-1-4-9-17)23-15-21(27)25-13-7-10-18(16-25)22(28)24-19-11-5-2-6-12-19/h17-19H,1-16H2,(H,23,26)(H,24,28).